The van der Waals surface area contributed by atoms with Crippen molar-refractivity contribution in [3.05, 3.63) is 59.4 Å². The molecule has 0 bridgehead atoms. The van der Waals surface area contributed by atoms with E-state index in [4.69, 9.17) is 26.5 Å². The highest BCUT2D eigenvalue weighted by atomic mass is 35.5. The fourth-order valence-corrected chi connectivity index (χ4v) is 2.77. The number of ether oxygens (including phenoxy) is 2. The van der Waals surface area contributed by atoms with Gasteiger partial charge in [0.05, 0.1) is 29.8 Å². The number of hydrogen-bond acceptors (Lipinski definition) is 6. The second-order valence-electron chi connectivity index (χ2n) is 5.82. The fraction of sp³-hybridized carbons (Fsp3) is 0.200. The highest BCUT2D eigenvalue weighted by molar-refractivity contribution is 6.29. The lowest BCUT2D eigenvalue weighted by Gasteiger charge is -2.15. The molecule has 0 aliphatic carbocycles. The topological polar surface area (TPSA) is 80.5 Å². The second kappa shape index (κ2) is 8.60. The molecule has 2 aromatic heterocycles. The van der Waals surface area contributed by atoms with Gasteiger partial charge in [-0.2, -0.15) is 0 Å². The van der Waals surface area contributed by atoms with Gasteiger partial charge < -0.3 is 14.9 Å². The van der Waals surface area contributed by atoms with Crippen molar-refractivity contribution in [3.63, 3.8) is 0 Å². The Kier molecular flexibility index (Phi) is 5.98. The molecule has 1 N–H and O–H groups in total. The Hall–Kier alpha value is -2.99. The Morgan fingerprint density at radius 3 is 2.63 bits per heavy atom. The number of methoxy groups -OCH3 is 1. The molecule has 1 atom stereocenters. The molecular formula is C20H19ClN4O2. The van der Waals surface area contributed by atoms with Crippen molar-refractivity contribution in [2.75, 3.05) is 20.8 Å². The Morgan fingerprint density at radius 2 is 1.93 bits per heavy atom. The average molecular weight is 383 g/mol. The third-order valence-electron chi connectivity index (χ3n) is 4.01. The van der Waals surface area contributed by atoms with Crippen molar-refractivity contribution < 1.29 is 9.47 Å². The number of rotatable bonds is 7. The molecule has 0 saturated carbocycles. The smallest absolute Gasteiger partial charge is 0.129 e. The molecule has 7 heteroatoms. The molecule has 1 unspecified atom stereocenters. The predicted molar refractivity (Wildman–Crippen MR) is 108 cm³/mol. The van der Waals surface area contributed by atoms with Gasteiger partial charge >= 0.3 is 0 Å². The first-order valence-electron chi connectivity index (χ1n) is 8.29. The molecule has 2 heterocycles. The molecule has 0 saturated heterocycles. The highest BCUT2D eigenvalue weighted by Gasteiger charge is 2.17. The van der Waals surface area contributed by atoms with Gasteiger partial charge in [0.1, 0.15) is 23.3 Å². The quantitative estimate of drug-likeness (QED) is 0.491. The van der Waals surface area contributed by atoms with E-state index in [1.54, 1.807) is 44.8 Å². The van der Waals surface area contributed by atoms with E-state index >= 15 is 0 Å². The fourth-order valence-electron chi connectivity index (χ4n) is 2.62. The lowest BCUT2D eigenvalue weighted by atomic mass is 9.96. The first-order valence-corrected chi connectivity index (χ1v) is 8.67. The van der Waals surface area contributed by atoms with Gasteiger partial charge in [0, 0.05) is 19.5 Å². The van der Waals surface area contributed by atoms with Crippen LogP contribution in [0.25, 0.3) is 11.0 Å². The third-order valence-corrected chi connectivity index (χ3v) is 4.22. The van der Waals surface area contributed by atoms with Crippen LogP contribution in [0, 0.1) is 5.41 Å². The van der Waals surface area contributed by atoms with Gasteiger partial charge in [-0.15, -0.1) is 0 Å². The predicted octanol–water partition coefficient (Wildman–Crippen LogP) is 4.17. The van der Waals surface area contributed by atoms with Gasteiger partial charge in [-0.1, -0.05) is 11.6 Å². The van der Waals surface area contributed by atoms with Crippen LogP contribution in [0.15, 0.2) is 53.7 Å². The summed E-state index contributed by atoms with van der Waals surface area (Å²) >= 11 is 5.98. The number of aromatic nitrogens is 2. The van der Waals surface area contributed by atoms with Crippen LogP contribution >= 0.6 is 11.6 Å². The molecule has 138 valence electrons. The number of benzene rings is 1. The number of nitrogens with zero attached hydrogens (tertiary/aromatic N) is 3. The van der Waals surface area contributed by atoms with Crippen molar-refractivity contribution in [2.45, 2.75) is 5.92 Å². The first-order chi connectivity index (χ1) is 13.1. The lowest BCUT2D eigenvalue weighted by Crippen LogP contribution is -2.21. The zero-order valence-corrected chi connectivity index (χ0v) is 15.8. The molecule has 27 heavy (non-hydrogen) atoms. The maximum Gasteiger partial charge on any atom is 0.129 e. The molecule has 0 fully saturated rings. The summed E-state index contributed by atoms with van der Waals surface area (Å²) in [5, 5.41) is 8.85. The summed E-state index contributed by atoms with van der Waals surface area (Å²) in [4.78, 5) is 12.8. The standard InChI is InChI=1S/C20H19ClN4O2/c1-23-11-16(13-9-19-18(24-10-13)7-8-20(21)25-19)17(22)12-27-15-5-3-14(26-2)4-6-15/h3-11,16,22H,12H2,1-2H3. The molecule has 0 aliphatic rings. The van der Waals surface area contributed by atoms with Crippen LogP contribution < -0.4 is 9.47 Å². The minimum absolute atomic E-state index is 0.129. The van der Waals surface area contributed by atoms with Crippen molar-refractivity contribution >= 4 is 34.6 Å². The normalized spacial score (nSPS) is 12.3. The van der Waals surface area contributed by atoms with Crippen molar-refractivity contribution in [3.8, 4) is 11.5 Å². The van der Waals surface area contributed by atoms with Crippen LogP contribution in [0.3, 0.4) is 0 Å². The lowest BCUT2D eigenvalue weighted by molar-refractivity contribution is 0.371. The summed E-state index contributed by atoms with van der Waals surface area (Å²) < 4.78 is 10.9. The SMILES string of the molecule is CN=CC(C(=N)COc1ccc(OC)cc1)c1cnc2ccc(Cl)nc2c1. The minimum Gasteiger partial charge on any atom is -0.497 e. The first kappa shape index (κ1) is 18.8. The number of fused-ring (bicyclic) bond motifs is 1. The number of aliphatic imine (C=N–C) groups is 1. The van der Waals surface area contributed by atoms with E-state index in [0.717, 1.165) is 16.8 Å². The molecule has 0 aliphatic heterocycles. The van der Waals surface area contributed by atoms with Crippen LogP contribution in [0.5, 0.6) is 11.5 Å². The number of halogens is 1. The van der Waals surface area contributed by atoms with E-state index in [9.17, 15) is 0 Å². The molecular weight excluding hydrogens is 364 g/mol. The van der Waals surface area contributed by atoms with Crippen LogP contribution in [0.1, 0.15) is 11.5 Å². The van der Waals surface area contributed by atoms with Gasteiger partial charge in [0.25, 0.3) is 0 Å². The largest absolute Gasteiger partial charge is 0.497 e. The summed E-state index contributed by atoms with van der Waals surface area (Å²) in [5.74, 6) is 1.06. The van der Waals surface area contributed by atoms with E-state index in [-0.39, 0.29) is 12.5 Å². The number of pyridine rings is 2. The summed E-state index contributed by atoms with van der Waals surface area (Å²) in [6.45, 7) is 0.129. The van der Waals surface area contributed by atoms with Crippen molar-refractivity contribution in [1.82, 2.24) is 9.97 Å². The van der Waals surface area contributed by atoms with Gasteiger partial charge in [-0.05, 0) is 48.0 Å². The maximum absolute atomic E-state index is 8.45. The highest BCUT2D eigenvalue weighted by Crippen LogP contribution is 2.22. The summed E-state index contributed by atoms with van der Waals surface area (Å²) in [5.41, 5.74) is 2.60. The molecule has 3 aromatic rings. The van der Waals surface area contributed by atoms with Crippen molar-refractivity contribution in [1.29, 1.82) is 5.41 Å². The Balaban J connectivity index is 1.78. The second-order valence-corrected chi connectivity index (χ2v) is 6.20. The van der Waals surface area contributed by atoms with E-state index in [1.165, 1.54) is 0 Å². The molecule has 6 nitrogen and oxygen atoms in total. The van der Waals surface area contributed by atoms with Crippen molar-refractivity contribution in [2.24, 2.45) is 4.99 Å². The third kappa shape index (κ3) is 4.60. The van der Waals surface area contributed by atoms with E-state index < -0.39 is 0 Å². The number of nitrogens with one attached hydrogen (secondary N) is 1. The van der Waals surface area contributed by atoms with Gasteiger partial charge in [0.15, 0.2) is 0 Å². The van der Waals surface area contributed by atoms with E-state index in [2.05, 4.69) is 15.0 Å². The van der Waals surface area contributed by atoms with E-state index in [1.807, 2.05) is 24.3 Å². The molecule has 0 spiro atoms. The van der Waals surface area contributed by atoms with Gasteiger partial charge in [-0.25, -0.2) is 4.98 Å². The summed E-state index contributed by atoms with van der Waals surface area (Å²) in [6, 6.07) is 12.6. The monoisotopic (exact) mass is 382 g/mol. The van der Waals surface area contributed by atoms with Crippen LogP contribution in [-0.2, 0) is 0 Å². The minimum atomic E-state index is -0.356. The van der Waals surface area contributed by atoms with Gasteiger partial charge in [-0.3, -0.25) is 9.98 Å². The van der Waals surface area contributed by atoms with Crippen LogP contribution in [0.4, 0.5) is 0 Å². The zero-order valence-electron chi connectivity index (χ0n) is 15.0. The summed E-state index contributed by atoms with van der Waals surface area (Å²) in [7, 11) is 3.29. The molecule has 3 rings (SSSR count). The molecule has 1 aromatic carbocycles. The molecule has 0 amide bonds. The Bertz CT molecular complexity index is 973. The zero-order chi connectivity index (χ0) is 19.2. The Labute approximate surface area is 162 Å². The van der Waals surface area contributed by atoms with Gasteiger partial charge in [0.2, 0.25) is 0 Å². The Morgan fingerprint density at radius 1 is 1.19 bits per heavy atom. The molecule has 0 radical (unpaired) electrons. The van der Waals surface area contributed by atoms with Crippen LogP contribution in [-0.4, -0.2) is 42.7 Å². The van der Waals surface area contributed by atoms with E-state index in [0.29, 0.717) is 22.1 Å². The summed E-state index contributed by atoms with van der Waals surface area (Å²) in [6.07, 6.45) is 3.43. The number of hydrogen-bond donors (Lipinski definition) is 1. The maximum atomic E-state index is 8.45. The average Bonchev–Trinajstić information content (AvgIpc) is 2.70. The van der Waals surface area contributed by atoms with Crippen LogP contribution in [0.2, 0.25) is 5.15 Å².